The summed E-state index contributed by atoms with van der Waals surface area (Å²) in [6, 6.07) is 12.9. The Morgan fingerprint density at radius 2 is 2.04 bits per heavy atom. The molecule has 3 heterocycles. The van der Waals surface area contributed by atoms with E-state index in [-0.39, 0.29) is 5.91 Å². The van der Waals surface area contributed by atoms with Crippen molar-refractivity contribution in [1.82, 2.24) is 20.2 Å². The Bertz CT molecular complexity index is 848. The highest BCUT2D eigenvalue weighted by atomic mass is 16.1. The molecule has 1 saturated heterocycles. The lowest BCUT2D eigenvalue weighted by molar-refractivity contribution is 0.102. The standard InChI is InChI=1S/C19H20N6O/c26-19(22-15-6-2-1-3-7-15)16-8-9-17(24-23-16)25-12-4-5-14(13-25)18-20-10-11-21-18/h1-3,6-11,14H,4-5,12-13H2,(H,20,21)(H,22,26)/t14-/m1/s1. The van der Waals surface area contributed by atoms with Crippen molar-refractivity contribution in [3.05, 3.63) is 66.4 Å². The summed E-state index contributed by atoms with van der Waals surface area (Å²) in [5, 5.41) is 11.2. The first-order chi connectivity index (χ1) is 12.8. The summed E-state index contributed by atoms with van der Waals surface area (Å²) < 4.78 is 0. The zero-order valence-electron chi connectivity index (χ0n) is 14.3. The first-order valence-corrected chi connectivity index (χ1v) is 8.74. The van der Waals surface area contributed by atoms with E-state index in [2.05, 4.69) is 30.4 Å². The highest BCUT2D eigenvalue weighted by molar-refractivity contribution is 6.02. The summed E-state index contributed by atoms with van der Waals surface area (Å²) in [7, 11) is 0. The Labute approximate surface area is 151 Å². The molecule has 0 saturated carbocycles. The van der Waals surface area contributed by atoms with Gasteiger partial charge in [-0.05, 0) is 37.1 Å². The van der Waals surface area contributed by atoms with Crippen LogP contribution in [0.2, 0.25) is 0 Å². The van der Waals surface area contributed by atoms with Gasteiger partial charge in [0, 0.05) is 37.1 Å². The fourth-order valence-electron chi connectivity index (χ4n) is 3.24. The maximum atomic E-state index is 12.3. The lowest BCUT2D eigenvalue weighted by Crippen LogP contribution is -2.35. The maximum absolute atomic E-state index is 12.3. The number of carbonyl (C=O) groups excluding carboxylic acids is 1. The van der Waals surface area contributed by atoms with Gasteiger partial charge in [-0.1, -0.05) is 18.2 Å². The van der Waals surface area contributed by atoms with Gasteiger partial charge in [-0.25, -0.2) is 4.98 Å². The van der Waals surface area contributed by atoms with Crippen LogP contribution in [-0.2, 0) is 0 Å². The van der Waals surface area contributed by atoms with Crippen molar-refractivity contribution in [1.29, 1.82) is 0 Å². The number of aromatic nitrogens is 4. The Morgan fingerprint density at radius 1 is 1.15 bits per heavy atom. The molecule has 1 atom stereocenters. The van der Waals surface area contributed by atoms with E-state index in [9.17, 15) is 4.79 Å². The zero-order chi connectivity index (χ0) is 17.8. The van der Waals surface area contributed by atoms with Crippen LogP contribution >= 0.6 is 0 Å². The number of carbonyl (C=O) groups is 1. The normalized spacial score (nSPS) is 17.1. The minimum atomic E-state index is -0.262. The third-order valence-electron chi connectivity index (χ3n) is 4.57. The number of anilines is 2. The Kier molecular flexibility index (Phi) is 4.59. The van der Waals surface area contributed by atoms with Crippen LogP contribution < -0.4 is 10.2 Å². The predicted molar refractivity (Wildman–Crippen MR) is 99.2 cm³/mol. The van der Waals surface area contributed by atoms with Crippen molar-refractivity contribution in [2.24, 2.45) is 0 Å². The Hall–Kier alpha value is -3.22. The van der Waals surface area contributed by atoms with Crippen molar-refractivity contribution in [3.63, 3.8) is 0 Å². The number of aromatic amines is 1. The number of imidazole rings is 1. The van der Waals surface area contributed by atoms with E-state index in [1.165, 1.54) is 0 Å². The minimum Gasteiger partial charge on any atom is -0.354 e. The van der Waals surface area contributed by atoms with Gasteiger partial charge in [0.25, 0.3) is 5.91 Å². The molecule has 2 aromatic heterocycles. The number of hydrogen-bond donors (Lipinski definition) is 2. The molecule has 132 valence electrons. The zero-order valence-corrected chi connectivity index (χ0v) is 14.3. The summed E-state index contributed by atoms with van der Waals surface area (Å²) in [5.41, 5.74) is 1.04. The molecule has 1 aromatic carbocycles. The molecular weight excluding hydrogens is 328 g/mol. The average Bonchev–Trinajstić information content (AvgIpc) is 3.24. The number of nitrogens with zero attached hydrogens (tertiary/aromatic N) is 4. The Morgan fingerprint density at radius 3 is 2.77 bits per heavy atom. The smallest absolute Gasteiger partial charge is 0.276 e. The molecule has 26 heavy (non-hydrogen) atoms. The molecule has 7 heteroatoms. The quantitative estimate of drug-likeness (QED) is 0.757. The van der Waals surface area contributed by atoms with E-state index in [0.29, 0.717) is 11.6 Å². The second-order valence-corrected chi connectivity index (χ2v) is 6.36. The molecule has 0 aliphatic carbocycles. The van der Waals surface area contributed by atoms with Gasteiger partial charge in [-0.15, -0.1) is 10.2 Å². The molecule has 1 amide bonds. The number of nitrogens with one attached hydrogen (secondary N) is 2. The SMILES string of the molecule is O=C(Nc1ccccc1)c1ccc(N2CCC[C@@H](c3ncc[nH]3)C2)nn1. The minimum absolute atomic E-state index is 0.262. The van der Waals surface area contributed by atoms with Crippen LogP contribution in [-0.4, -0.2) is 39.2 Å². The molecule has 7 nitrogen and oxygen atoms in total. The lowest BCUT2D eigenvalue weighted by Gasteiger charge is -2.32. The van der Waals surface area contributed by atoms with Crippen LogP contribution in [0.5, 0.6) is 0 Å². The number of hydrogen-bond acceptors (Lipinski definition) is 5. The van der Waals surface area contributed by atoms with E-state index in [1.54, 1.807) is 12.3 Å². The largest absolute Gasteiger partial charge is 0.354 e. The van der Waals surface area contributed by atoms with Crippen molar-refractivity contribution < 1.29 is 4.79 Å². The van der Waals surface area contributed by atoms with Crippen LogP contribution in [0, 0.1) is 0 Å². The summed E-state index contributed by atoms with van der Waals surface area (Å²) in [6.07, 6.45) is 5.82. The van der Waals surface area contributed by atoms with Gasteiger partial charge in [0.2, 0.25) is 0 Å². The van der Waals surface area contributed by atoms with Crippen LogP contribution in [0.4, 0.5) is 11.5 Å². The Balaban J connectivity index is 1.43. The molecule has 1 aliphatic heterocycles. The summed E-state index contributed by atoms with van der Waals surface area (Å²) in [6.45, 7) is 1.78. The van der Waals surface area contributed by atoms with Gasteiger partial charge in [0.1, 0.15) is 5.82 Å². The second-order valence-electron chi connectivity index (χ2n) is 6.36. The highest BCUT2D eigenvalue weighted by Gasteiger charge is 2.24. The summed E-state index contributed by atoms with van der Waals surface area (Å²) >= 11 is 0. The third-order valence-corrected chi connectivity index (χ3v) is 4.57. The van der Waals surface area contributed by atoms with Crippen molar-refractivity contribution in [3.8, 4) is 0 Å². The highest BCUT2D eigenvalue weighted by Crippen LogP contribution is 2.27. The monoisotopic (exact) mass is 348 g/mol. The van der Waals surface area contributed by atoms with Crippen LogP contribution in [0.15, 0.2) is 54.9 Å². The van der Waals surface area contributed by atoms with Crippen molar-refractivity contribution >= 4 is 17.4 Å². The molecule has 2 N–H and O–H groups in total. The van der Waals surface area contributed by atoms with Crippen LogP contribution in [0.1, 0.15) is 35.1 Å². The summed E-state index contributed by atoms with van der Waals surface area (Å²) in [4.78, 5) is 22.0. The molecular formula is C19H20N6O. The number of para-hydroxylation sites is 1. The average molecular weight is 348 g/mol. The lowest BCUT2D eigenvalue weighted by atomic mass is 9.97. The number of amides is 1. The number of rotatable bonds is 4. The molecule has 4 rings (SSSR count). The number of H-pyrrole nitrogens is 1. The molecule has 1 fully saturated rings. The number of piperidine rings is 1. The maximum Gasteiger partial charge on any atom is 0.276 e. The molecule has 0 radical (unpaired) electrons. The van der Waals surface area contributed by atoms with Crippen LogP contribution in [0.25, 0.3) is 0 Å². The van der Waals surface area contributed by atoms with Gasteiger partial charge >= 0.3 is 0 Å². The molecule has 1 aliphatic rings. The van der Waals surface area contributed by atoms with Gasteiger partial charge in [-0.2, -0.15) is 0 Å². The second kappa shape index (κ2) is 7.35. The number of benzene rings is 1. The first-order valence-electron chi connectivity index (χ1n) is 8.74. The van der Waals surface area contributed by atoms with Crippen LogP contribution in [0.3, 0.4) is 0 Å². The fraction of sp³-hybridized carbons (Fsp3) is 0.263. The van der Waals surface area contributed by atoms with E-state index in [1.807, 2.05) is 42.6 Å². The molecule has 0 bridgehead atoms. The molecule has 3 aromatic rings. The van der Waals surface area contributed by atoms with Gasteiger partial charge < -0.3 is 15.2 Å². The van der Waals surface area contributed by atoms with Gasteiger partial charge in [-0.3, -0.25) is 4.79 Å². The molecule has 0 spiro atoms. The summed E-state index contributed by atoms with van der Waals surface area (Å²) in [5.74, 6) is 1.91. The third kappa shape index (κ3) is 3.56. The first kappa shape index (κ1) is 16.3. The van der Waals surface area contributed by atoms with E-state index >= 15 is 0 Å². The van der Waals surface area contributed by atoms with E-state index < -0.39 is 0 Å². The predicted octanol–water partition coefficient (Wildman–Crippen LogP) is 2.84. The fourth-order valence-corrected chi connectivity index (χ4v) is 3.24. The molecule has 0 unspecified atom stereocenters. The van der Waals surface area contributed by atoms with Crippen molar-refractivity contribution in [2.45, 2.75) is 18.8 Å². The van der Waals surface area contributed by atoms with Gasteiger partial charge in [0.15, 0.2) is 11.5 Å². The topological polar surface area (TPSA) is 86.8 Å². The van der Waals surface area contributed by atoms with E-state index in [0.717, 1.165) is 43.3 Å². The van der Waals surface area contributed by atoms with Gasteiger partial charge in [0.05, 0.1) is 0 Å². The van der Waals surface area contributed by atoms with E-state index in [4.69, 9.17) is 0 Å². The van der Waals surface area contributed by atoms with Crippen molar-refractivity contribution in [2.75, 3.05) is 23.3 Å².